The highest BCUT2D eigenvalue weighted by Crippen LogP contribution is 2.30. The highest BCUT2D eigenvalue weighted by Gasteiger charge is 2.25. The molecule has 1 aliphatic carbocycles. The molecule has 0 saturated heterocycles. The zero-order valence-corrected chi connectivity index (χ0v) is 15.5. The maximum Gasteiger partial charge on any atom is 0.163 e. The molecule has 3 aromatic heterocycles. The summed E-state index contributed by atoms with van der Waals surface area (Å²) in [4.78, 5) is 16.4. The molecule has 0 amide bonds. The Morgan fingerprint density at radius 2 is 1.92 bits per heavy atom. The van der Waals surface area contributed by atoms with E-state index in [1.165, 1.54) is 6.42 Å². The number of rotatable bonds is 4. The molecule has 26 heavy (non-hydrogen) atoms. The van der Waals surface area contributed by atoms with E-state index in [4.69, 9.17) is 29.0 Å². The van der Waals surface area contributed by atoms with E-state index >= 15 is 0 Å². The van der Waals surface area contributed by atoms with Crippen molar-refractivity contribution >= 4 is 40.1 Å². The van der Waals surface area contributed by atoms with Gasteiger partial charge in [-0.1, -0.05) is 36.0 Å². The Hall–Kier alpha value is -1.93. The van der Waals surface area contributed by atoms with Gasteiger partial charge in [0, 0.05) is 35.4 Å². The molecule has 2 atom stereocenters. The molecule has 1 saturated carbocycles. The van der Waals surface area contributed by atoms with Crippen LogP contribution < -0.4 is 16.6 Å². The molecule has 136 valence electrons. The molecule has 0 aliphatic heterocycles. The molecule has 2 unspecified atom stereocenters. The highest BCUT2D eigenvalue weighted by atomic mass is 35.5. The molecule has 0 bridgehead atoms. The van der Waals surface area contributed by atoms with Crippen LogP contribution in [0.2, 0.25) is 10.0 Å². The van der Waals surface area contributed by atoms with E-state index in [1.54, 1.807) is 12.4 Å². The van der Waals surface area contributed by atoms with Gasteiger partial charge in [-0.3, -0.25) is 11.3 Å². The minimum Gasteiger partial charge on any atom is -0.364 e. The summed E-state index contributed by atoms with van der Waals surface area (Å²) in [7, 11) is 0. The van der Waals surface area contributed by atoms with Gasteiger partial charge in [0.15, 0.2) is 5.82 Å². The van der Waals surface area contributed by atoms with E-state index < -0.39 is 0 Å². The van der Waals surface area contributed by atoms with Crippen molar-refractivity contribution in [3.8, 4) is 11.4 Å². The van der Waals surface area contributed by atoms with Crippen LogP contribution in [0.1, 0.15) is 25.7 Å². The van der Waals surface area contributed by atoms with Gasteiger partial charge in [0.25, 0.3) is 0 Å². The Bertz CT molecular complexity index is 927. The largest absolute Gasteiger partial charge is 0.364 e. The summed E-state index contributed by atoms with van der Waals surface area (Å²) in [5.74, 6) is 6.85. The minimum absolute atomic E-state index is 0.174. The van der Waals surface area contributed by atoms with Crippen LogP contribution in [0, 0.1) is 0 Å². The Morgan fingerprint density at radius 3 is 2.73 bits per heavy atom. The van der Waals surface area contributed by atoms with E-state index in [0.29, 0.717) is 21.7 Å². The van der Waals surface area contributed by atoms with E-state index in [1.807, 2.05) is 12.3 Å². The number of halogens is 2. The number of pyridine rings is 1. The monoisotopic (exact) mass is 391 g/mol. The number of nitrogens with one attached hydrogen (secondary N) is 3. The normalized spacial score (nSPS) is 20.4. The molecule has 5 N–H and O–H groups in total. The topological polar surface area (TPSA) is 105 Å². The number of hydrazine groups is 1. The Morgan fingerprint density at radius 1 is 1.12 bits per heavy atom. The van der Waals surface area contributed by atoms with E-state index in [-0.39, 0.29) is 12.1 Å². The predicted molar refractivity (Wildman–Crippen MR) is 104 cm³/mol. The van der Waals surface area contributed by atoms with Crippen molar-refractivity contribution in [1.29, 1.82) is 0 Å². The van der Waals surface area contributed by atoms with Crippen molar-refractivity contribution in [2.45, 2.75) is 37.8 Å². The van der Waals surface area contributed by atoms with Crippen molar-refractivity contribution < 1.29 is 0 Å². The van der Waals surface area contributed by atoms with Gasteiger partial charge in [-0.2, -0.15) is 0 Å². The van der Waals surface area contributed by atoms with Crippen molar-refractivity contribution in [1.82, 2.24) is 25.4 Å². The summed E-state index contributed by atoms with van der Waals surface area (Å²) >= 11 is 12.4. The van der Waals surface area contributed by atoms with Crippen LogP contribution in [0.15, 0.2) is 24.7 Å². The van der Waals surface area contributed by atoms with Gasteiger partial charge >= 0.3 is 0 Å². The molecule has 4 rings (SSSR count). The lowest BCUT2D eigenvalue weighted by Gasteiger charge is -2.32. The van der Waals surface area contributed by atoms with Gasteiger partial charge in [-0.25, -0.2) is 15.0 Å². The molecule has 0 aromatic carbocycles. The van der Waals surface area contributed by atoms with Gasteiger partial charge in [-0.15, -0.1) is 0 Å². The number of fused-ring (bicyclic) bond motifs is 1. The molecule has 7 nitrogen and oxygen atoms in total. The van der Waals surface area contributed by atoms with Gasteiger partial charge < -0.3 is 10.3 Å². The average Bonchev–Trinajstić information content (AvgIpc) is 3.07. The fourth-order valence-corrected chi connectivity index (χ4v) is 3.74. The summed E-state index contributed by atoms with van der Waals surface area (Å²) in [6.07, 6.45) is 9.38. The molecular weight excluding hydrogens is 373 g/mol. The molecule has 3 aromatic rings. The third-order valence-corrected chi connectivity index (χ3v) is 5.27. The lowest BCUT2D eigenvalue weighted by molar-refractivity contribution is 0.348. The number of hydrogen-bond acceptors (Lipinski definition) is 6. The van der Waals surface area contributed by atoms with Crippen molar-refractivity contribution in [2.24, 2.45) is 5.84 Å². The summed E-state index contributed by atoms with van der Waals surface area (Å²) in [6, 6.07) is 2.21. The summed E-state index contributed by atoms with van der Waals surface area (Å²) < 4.78 is 0. The number of nitrogens with zero attached hydrogens (tertiary/aromatic N) is 3. The Labute approximate surface area is 160 Å². The second-order valence-electron chi connectivity index (χ2n) is 6.45. The maximum atomic E-state index is 6.33. The molecular formula is C17H19Cl2N7. The van der Waals surface area contributed by atoms with Gasteiger partial charge in [0.05, 0.1) is 11.2 Å². The third-order valence-electron chi connectivity index (χ3n) is 4.78. The second kappa shape index (κ2) is 7.36. The quantitative estimate of drug-likeness (QED) is 0.400. The third kappa shape index (κ3) is 3.35. The Kier molecular flexibility index (Phi) is 4.95. The first-order valence-electron chi connectivity index (χ1n) is 8.54. The first kappa shape index (κ1) is 17.5. The summed E-state index contributed by atoms with van der Waals surface area (Å²) in [5, 5.41) is 5.34. The number of nitrogens with two attached hydrogens (primary N) is 1. The van der Waals surface area contributed by atoms with Gasteiger partial charge in [0.2, 0.25) is 0 Å². The zero-order valence-electron chi connectivity index (χ0n) is 14.0. The van der Waals surface area contributed by atoms with Crippen LogP contribution in [0.5, 0.6) is 0 Å². The summed E-state index contributed by atoms with van der Waals surface area (Å²) in [6.45, 7) is 0. The molecule has 0 radical (unpaired) electrons. The van der Waals surface area contributed by atoms with Crippen LogP contribution in [-0.4, -0.2) is 32.0 Å². The predicted octanol–water partition coefficient (Wildman–Crippen LogP) is 3.51. The number of aromatic amines is 1. The standard InChI is InChI=1S/C17H19Cl2N7/c18-9-5-10-11(7-22-15(10)21-6-9)16-23-8-12(19)17(25-16)24-13-3-1-2-4-14(13)26-20/h5-8,13-14,26H,1-4,20H2,(H,21,22)(H,23,24,25). The molecule has 3 heterocycles. The smallest absolute Gasteiger partial charge is 0.163 e. The maximum absolute atomic E-state index is 6.33. The Balaban J connectivity index is 1.68. The van der Waals surface area contributed by atoms with Crippen LogP contribution in [0.3, 0.4) is 0 Å². The van der Waals surface area contributed by atoms with Gasteiger partial charge in [0.1, 0.15) is 16.5 Å². The van der Waals surface area contributed by atoms with E-state index in [9.17, 15) is 0 Å². The van der Waals surface area contributed by atoms with Gasteiger partial charge in [-0.05, 0) is 18.9 Å². The number of anilines is 1. The molecule has 1 aliphatic rings. The zero-order chi connectivity index (χ0) is 18.1. The van der Waals surface area contributed by atoms with Crippen molar-refractivity contribution in [3.05, 3.63) is 34.7 Å². The number of H-pyrrole nitrogens is 1. The minimum atomic E-state index is 0.174. The molecule has 0 spiro atoms. The van der Waals surface area contributed by atoms with Crippen LogP contribution in [0.25, 0.3) is 22.4 Å². The molecule has 9 heteroatoms. The van der Waals surface area contributed by atoms with Crippen LogP contribution in [0.4, 0.5) is 5.82 Å². The fraction of sp³-hybridized carbons (Fsp3) is 0.353. The number of hydrogen-bond donors (Lipinski definition) is 4. The van der Waals surface area contributed by atoms with Crippen molar-refractivity contribution in [3.63, 3.8) is 0 Å². The van der Waals surface area contributed by atoms with Crippen LogP contribution in [-0.2, 0) is 0 Å². The average molecular weight is 392 g/mol. The highest BCUT2D eigenvalue weighted by molar-refractivity contribution is 6.33. The first-order valence-corrected chi connectivity index (χ1v) is 9.29. The first-order chi connectivity index (χ1) is 12.7. The van der Waals surface area contributed by atoms with Crippen LogP contribution >= 0.6 is 23.2 Å². The summed E-state index contributed by atoms with van der Waals surface area (Å²) in [5.41, 5.74) is 4.45. The van der Waals surface area contributed by atoms with E-state index in [0.717, 1.165) is 35.9 Å². The lowest BCUT2D eigenvalue weighted by Crippen LogP contribution is -2.49. The SMILES string of the molecule is NNC1CCCCC1Nc1nc(-c2c[nH]c3ncc(Cl)cc23)ncc1Cl. The molecule has 1 fully saturated rings. The lowest BCUT2D eigenvalue weighted by atomic mass is 9.91. The second-order valence-corrected chi connectivity index (χ2v) is 7.29. The van der Waals surface area contributed by atoms with E-state index in [2.05, 4.69) is 30.7 Å². The fourth-order valence-electron chi connectivity index (χ4n) is 3.44. The van der Waals surface area contributed by atoms with Crippen molar-refractivity contribution in [2.75, 3.05) is 5.32 Å². The number of aromatic nitrogens is 4.